The minimum atomic E-state index is -0.586. The number of fused-ring (bicyclic) bond motifs is 1. The quantitative estimate of drug-likeness (QED) is 0.889. The van der Waals surface area contributed by atoms with Crippen molar-refractivity contribution >= 4 is 17.0 Å². The Morgan fingerprint density at radius 3 is 2.78 bits per heavy atom. The Balaban J connectivity index is 1.49. The lowest BCUT2D eigenvalue weighted by atomic mass is 10.2. The maximum Gasteiger partial charge on any atom is 0.315 e. The molecule has 0 unspecified atom stereocenters. The van der Waals surface area contributed by atoms with Crippen molar-refractivity contribution in [1.82, 2.24) is 10.6 Å². The highest BCUT2D eigenvalue weighted by Crippen LogP contribution is 2.24. The first kappa shape index (κ1) is 15.8. The highest BCUT2D eigenvalue weighted by atomic mass is 16.7. The molecule has 23 heavy (non-hydrogen) atoms. The minimum Gasteiger partial charge on any atom is -0.459 e. The van der Waals surface area contributed by atoms with Crippen molar-refractivity contribution in [2.24, 2.45) is 0 Å². The molecule has 2 N–H and O–H groups in total. The second-order valence-electron chi connectivity index (χ2n) is 5.89. The molecule has 6 nitrogen and oxygen atoms in total. The van der Waals surface area contributed by atoms with Crippen LogP contribution < -0.4 is 10.6 Å². The van der Waals surface area contributed by atoms with Gasteiger partial charge >= 0.3 is 6.03 Å². The number of furan rings is 1. The van der Waals surface area contributed by atoms with E-state index in [9.17, 15) is 4.79 Å². The number of hydrogen-bond donors (Lipinski definition) is 2. The molecule has 1 saturated heterocycles. The van der Waals surface area contributed by atoms with E-state index in [-0.39, 0.29) is 12.1 Å². The molecule has 124 valence electrons. The van der Waals surface area contributed by atoms with Crippen molar-refractivity contribution in [2.45, 2.75) is 32.1 Å². The molecule has 2 amide bonds. The molecule has 0 aliphatic carbocycles. The molecule has 1 aromatic heterocycles. The molecular weight excluding hydrogens is 296 g/mol. The number of para-hydroxylation sites is 1. The Morgan fingerprint density at radius 2 is 2.04 bits per heavy atom. The van der Waals surface area contributed by atoms with E-state index >= 15 is 0 Å². The number of amides is 2. The molecular formula is C17H22N2O4. The molecule has 1 aliphatic rings. The summed E-state index contributed by atoms with van der Waals surface area (Å²) in [6.07, 6.45) is 0.611. The van der Waals surface area contributed by atoms with Crippen molar-refractivity contribution in [2.75, 3.05) is 19.8 Å². The zero-order valence-electron chi connectivity index (χ0n) is 13.4. The van der Waals surface area contributed by atoms with Gasteiger partial charge in [0.25, 0.3) is 0 Å². The summed E-state index contributed by atoms with van der Waals surface area (Å²) in [6.45, 7) is 5.46. The van der Waals surface area contributed by atoms with E-state index in [2.05, 4.69) is 10.6 Å². The molecule has 0 radical (unpaired) electrons. The van der Waals surface area contributed by atoms with Gasteiger partial charge in [0.1, 0.15) is 11.3 Å². The number of benzene rings is 1. The highest BCUT2D eigenvalue weighted by Gasteiger charge is 2.30. The molecule has 0 bridgehead atoms. The normalized spacial score (nSPS) is 18.0. The van der Waals surface area contributed by atoms with E-state index in [0.29, 0.717) is 26.2 Å². The van der Waals surface area contributed by atoms with Gasteiger partial charge in [-0.2, -0.15) is 0 Å². The maximum absolute atomic E-state index is 12.0. The molecule has 6 heteroatoms. The van der Waals surface area contributed by atoms with Crippen molar-refractivity contribution in [3.63, 3.8) is 0 Å². The van der Waals surface area contributed by atoms with Crippen LogP contribution >= 0.6 is 0 Å². The van der Waals surface area contributed by atoms with Crippen LogP contribution in [0.3, 0.4) is 0 Å². The molecule has 1 aromatic carbocycles. The van der Waals surface area contributed by atoms with Crippen LogP contribution in [-0.4, -0.2) is 31.6 Å². The van der Waals surface area contributed by atoms with Gasteiger partial charge < -0.3 is 24.5 Å². The summed E-state index contributed by atoms with van der Waals surface area (Å²) in [5, 5.41) is 6.71. The summed E-state index contributed by atoms with van der Waals surface area (Å²) in [6, 6.07) is 9.28. The van der Waals surface area contributed by atoms with Gasteiger partial charge in [0, 0.05) is 18.4 Å². The predicted molar refractivity (Wildman–Crippen MR) is 86.1 cm³/mol. The topological polar surface area (TPSA) is 72.7 Å². The molecule has 2 heterocycles. The van der Waals surface area contributed by atoms with E-state index in [1.807, 2.05) is 44.2 Å². The third kappa shape index (κ3) is 3.83. The van der Waals surface area contributed by atoms with Gasteiger partial charge in [0.05, 0.1) is 19.3 Å². The van der Waals surface area contributed by atoms with Crippen LogP contribution in [0.1, 0.15) is 32.1 Å². The standard InChI is InChI=1S/C17H22N2O4/c1-12(15-11-13-5-3-4-6-14(13)23-15)19-16(20)18-8-7-17(2)21-9-10-22-17/h3-6,11-12H,7-10H2,1-2H3,(H2,18,19,20)/t12-/m0/s1. The number of carbonyl (C=O) groups excluding carboxylic acids is 1. The summed E-state index contributed by atoms with van der Waals surface area (Å²) >= 11 is 0. The summed E-state index contributed by atoms with van der Waals surface area (Å²) < 4.78 is 16.7. The van der Waals surface area contributed by atoms with Gasteiger partial charge in [-0.3, -0.25) is 0 Å². The summed E-state index contributed by atoms with van der Waals surface area (Å²) in [4.78, 5) is 12.0. The molecule has 1 atom stereocenters. The second-order valence-corrected chi connectivity index (χ2v) is 5.89. The largest absolute Gasteiger partial charge is 0.459 e. The summed E-state index contributed by atoms with van der Waals surface area (Å²) in [5.41, 5.74) is 0.819. The molecule has 2 aromatic rings. The van der Waals surface area contributed by atoms with Crippen molar-refractivity contribution in [1.29, 1.82) is 0 Å². The number of rotatable bonds is 5. The third-order valence-electron chi connectivity index (χ3n) is 3.98. The van der Waals surface area contributed by atoms with E-state index in [4.69, 9.17) is 13.9 Å². The van der Waals surface area contributed by atoms with Crippen molar-refractivity contribution < 1.29 is 18.7 Å². The fraction of sp³-hybridized carbons (Fsp3) is 0.471. The Bertz CT molecular complexity index is 643. The average molecular weight is 318 g/mol. The fourth-order valence-corrected chi connectivity index (χ4v) is 2.64. The van der Waals surface area contributed by atoms with Gasteiger partial charge in [-0.25, -0.2) is 4.79 Å². The summed E-state index contributed by atoms with van der Waals surface area (Å²) in [7, 11) is 0. The van der Waals surface area contributed by atoms with Crippen molar-refractivity contribution in [3.05, 3.63) is 36.1 Å². The van der Waals surface area contributed by atoms with Crippen LogP contribution in [0, 0.1) is 0 Å². The Morgan fingerprint density at radius 1 is 1.30 bits per heavy atom. The first-order valence-electron chi connectivity index (χ1n) is 7.86. The number of carbonyl (C=O) groups is 1. The first-order chi connectivity index (χ1) is 11.1. The fourth-order valence-electron chi connectivity index (χ4n) is 2.64. The van der Waals surface area contributed by atoms with Gasteiger partial charge in [0.15, 0.2) is 5.79 Å². The Kier molecular flexibility index (Phi) is 4.54. The summed E-state index contributed by atoms with van der Waals surface area (Å²) in [5.74, 6) is 0.147. The van der Waals surface area contributed by atoms with Crippen LogP contribution in [0.4, 0.5) is 4.79 Å². The number of hydrogen-bond acceptors (Lipinski definition) is 4. The molecule has 1 fully saturated rings. The van der Waals surface area contributed by atoms with Crippen LogP contribution in [0.5, 0.6) is 0 Å². The number of ether oxygens (including phenoxy) is 2. The maximum atomic E-state index is 12.0. The van der Waals surface area contributed by atoms with E-state index in [0.717, 1.165) is 16.7 Å². The van der Waals surface area contributed by atoms with Crippen LogP contribution in [0.2, 0.25) is 0 Å². The third-order valence-corrected chi connectivity index (χ3v) is 3.98. The lowest BCUT2D eigenvalue weighted by Gasteiger charge is -2.22. The average Bonchev–Trinajstić information content (AvgIpc) is 3.13. The number of urea groups is 1. The monoisotopic (exact) mass is 318 g/mol. The second kappa shape index (κ2) is 6.60. The van der Waals surface area contributed by atoms with Gasteiger partial charge in [-0.15, -0.1) is 0 Å². The molecule has 0 spiro atoms. The lowest BCUT2D eigenvalue weighted by molar-refractivity contribution is -0.145. The van der Waals surface area contributed by atoms with Crippen LogP contribution in [-0.2, 0) is 9.47 Å². The van der Waals surface area contributed by atoms with Gasteiger partial charge in [0.2, 0.25) is 0 Å². The molecule has 1 aliphatic heterocycles. The zero-order chi connectivity index (χ0) is 16.3. The Labute approximate surface area is 135 Å². The number of nitrogens with one attached hydrogen (secondary N) is 2. The van der Waals surface area contributed by atoms with E-state index in [1.165, 1.54) is 0 Å². The zero-order valence-corrected chi connectivity index (χ0v) is 13.4. The smallest absolute Gasteiger partial charge is 0.315 e. The molecule has 0 saturated carbocycles. The van der Waals surface area contributed by atoms with Gasteiger partial charge in [-0.1, -0.05) is 18.2 Å². The van der Waals surface area contributed by atoms with Crippen molar-refractivity contribution in [3.8, 4) is 0 Å². The minimum absolute atomic E-state index is 0.211. The lowest BCUT2D eigenvalue weighted by Crippen LogP contribution is -2.40. The first-order valence-corrected chi connectivity index (χ1v) is 7.86. The highest BCUT2D eigenvalue weighted by molar-refractivity contribution is 5.78. The van der Waals surface area contributed by atoms with E-state index in [1.54, 1.807) is 0 Å². The SMILES string of the molecule is C[C@H](NC(=O)NCCC1(C)OCCO1)c1cc2ccccc2o1. The van der Waals surface area contributed by atoms with Crippen LogP contribution in [0.15, 0.2) is 34.7 Å². The van der Waals surface area contributed by atoms with E-state index < -0.39 is 5.79 Å². The van der Waals surface area contributed by atoms with Gasteiger partial charge in [-0.05, 0) is 26.0 Å². The predicted octanol–water partition coefficient (Wildman–Crippen LogP) is 2.95. The molecule has 3 rings (SSSR count). The Hall–Kier alpha value is -2.05. The van der Waals surface area contributed by atoms with Crippen LogP contribution in [0.25, 0.3) is 11.0 Å².